The minimum atomic E-state index is -0.278. The van der Waals surface area contributed by atoms with Gasteiger partial charge in [0.25, 0.3) is 0 Å². The summed E-state index contributed by atoms with van der Waals surface area (Å²) in [5, 5.41) is 9.55. The number of esters is 1. The summed E-state index contributed by atoms with van der Waals surface area (Å²) in [5.74, 6) is -0.278. The van der Waals surface area contributed by atoms with E-state index < -0.39 is 0 Å². The molecule has 0 saturated heterocycles. The molecular weight excluding hydrogens is 202 g/mol. The third-order valence-electron chi connectivity index (χ3n) is 1.50. The van der Waals surface area contributed by atoms with Gasteiger partial charge < -0.3 is 9.84 Å². The molecule has 0 bridgehead atoms. The van der Waals surface area contributed by atoms with E-state index in [9.17, 15) is 4.79 Å². The van der Waals surface area contributed by atoms with Crippen molar-refractivity contribution in [2.24, 2.45) is 0 Å². The Bertz CT molecular complexity index is 333. The molecule has 0 spiro atoms. The molecule has 0 radical (unpaired) electrons. The average molecular weight is 213 g/mol. The maximum atomic E-state index is 10.7. The number of nitrogens with zero attached hydrogens (tertiary/aromatic N) is 1. The summed E-state index contributed by atoms with van der Waals surface area (Å²) in [5.41, 5.74) is 0. The first-order chi connectivity index (χ1) is 6.76. The molecule has 4 nitrogen and oxygen atoms in total. The number of rotatable bonds is 4. The number of methoxy groups -OCH3 is 1. The highest BCUT2D eigenvalue weighted by molar-refractivity contribution is 7.12. The minimum absolute atomic E-state index is 0.00249. The lowest BCUT2D eigenvalue weighted by molar-refractivity contribution is -0.139. The lowest BCUT2D eigenvalue weighted by Crippen LogP contribution is -1.96. The van der Waals surface area contributed by atoms with Gasteiger partial charge in [-0.25, -0.2) is 4.98 Å². The standard InChI is InChI=1S/C9H11NO3S/c1-13-9(12)4-2-3-8-10-5-7(6-11)14-8/h2-3,5,11H,4,6H2,1H3. The lowest BCUT2D eigenvalue weighted by atomic mass is 10.4. The van der Waals surface area contributed by atoms with E-state index in [1.54, 1.807) is 18.3 Å². The van der Waals surface area contributed by atoms with E-state index in [2.05, 4.69) is 9.72 Å². The van der Waals surface area contributed by atoms with E-state index in [0.717, 1.165) is 9.88 Å². The molecule has 0 atom stereocenters. The molecule has 0 aliphatic rings. The highest BCUT2D eigenvalue weighted by Gasteiger charge is 1.98. The van der Waals surface area contributed by atoms with Crippen LogP contribution in [0.25, 0.3) is 6.08 Å². The van der Waals surface area contributed by atoms with E-state index in [-0.39, 0.29) is 19.0 Å². The smallest absolute Gasteiger partial charge is 0.309 e. The van der Waals surface area contributed by atoms with Gasteiger partial charge in [-0.1, -0.05) is 6.08 Å². The molecule has 1 rings (SSSR count). The van der Waals surface area contributed by atoms with Crippen LogP contribution in [-0.2, 0) is 16.1 Å². The third kappa shape index (κ3) is 3.27. The summed E-state index contributed by atoms with van der Waals surface area (Å²) in [6.45, 7) is 0.00249. The van der Waals surface area contributed by atoms with Crippen molar-refractivity contribution in [3.05, 3.63) is 22.2 Å². The molecule has 0 aliphatic heterocycles. The number of carbonyl (C=O) groups excluding carboxylic acids is 1. The second-order valence-electron chi connectivity index (χ2n) is 2.51. The van der Waals surface area contributed by atoms with Gasteiger partial charge in [0.15, 0.2) is 0 Å². The third-order valence-corrected chi connectivity index (χ3v) is 2.45. The summed E-state index contributed by atoms with van der Waals surface area (Å²) >= 11 is 1.39. The van der Waals surface area contributed by atoms with Crippen molar-refractivity contribution < 1.29 is 14.6 Å². The van der Waals surface area contributed by atoms with Crippen LogP contribution in [0.4, 0.5) is 0 Å². The molecule has 0 aromatic carbocycles. The zero-order valence-electron chi connectivity index (χ0n) is 7.77. The van der Waals surface area contributed by atoms with Crippen molar-refractivity contribution >= 4 is 23.4 Å². The predicted octanol–water partition coefficient (Wildman–Crippen LogP) is 1.21. The van der Waals surface area contributed by atoms with E-state index in [1.165, 1.54) is 18.4 Å². The monoisotopic (exact) mass is 213 g/mol. The van der Waals surface area contributed by atoms with Gasteiger partial charge >= 0.3 is 5.97 Å². The summed E-state index contributed by atoms with van der Waals surface area (Å²) < 4.78 is 4.47. The Balaban J connectivity index is 2.47. The van der Waals surface area contributed by atoms with Crippen molar-refractivity contribution in [2.75, 3.05) is 7.11 Å². The molecule has 0 unspecified atom stereocenters. The number of ether oxygens (including phenoxy) is 1. The van der Waals surface area contributed by atoms with Gasteiger partial charge in [-0.15, -0.1) is 11.3 Å². The van der Waals surface area contributed by atoms with Gasteiger partial charge in [-0.3, -0.25) is 4.79 Å². The van der Waals surface area contributed by atoms with Crippen molar-refractivity contribution in [1.82, 2.24) is 4.98 Å². The van der Waals surface area contributed by atoms with Crippen LogP contribution in [-0.4, -0.2) is 23.2 Å². The molecule has 1 aromatic heterocycles. The zero-order valence-corrected chi connectivity index (χ0v) is 8.58. The topological polar surface area (TPSA) is 59.4 Å². The fraction of sp³-hybridized carbons (Fsp3) is 0.333. The number of thiazole rings is 1. The van der Waals surface area contributed by atoms with Crippen LogP contribution in [0.3, 0.4) is 0 Å². The van der Waals surface area contributed by atoms with E-state index >= 15 is 0 Å². The molecule has 0 amide bonds. The fourth-order valence-electron chi connectivity index (χ4n) is 0.812. The zero-order chi connectivity index (χ0) is 10.4. The number of aliphatic hydroxyl groups excluding tert-OH is 1. The van der Waals surface area contributed by atoms with Crippen molar-refractivity contribution in [1.29, 1.82) is 0 Å². The normalized spacial score (nSPS) is 10.7. The van der Waals surface area contributed by atoms with Crippen LogP contribution in [0.1, 0.15) is 16.3 Å². The fourth-order valence-corrected chi connectivity index (χ4v) is 1.52. The molecule has 1 heterocycles. The molecule has 0 fully saturated rings. The van der Waals surface area contributed by atoms with Crippen LogP contribution >= 0.6 is 11.3 Å². The largest absolute Gasteiger partial charge is 0.469 e. The van der Waals surface area contributed by atoms with Crippen LogP contribution in [0.15, 0.2) is 12.3 Å². The van der Waals surface area contributed by atoms with E-state index in [0.29, 0.717) is 0 Å². The number of aliphatic hydroxyl groups is 1. The Morgan fingerprint density at radius 3 is 3.14 bits per heavy atom. The quantitative estimate of drug-likeness (QED) is 0.764. The first kappa shape index (κ1) is 10.9. The van der Waals surface area contributed by atoms with Crippen LogP contribution in [0.5, 0.6) is 0 Å². The van der Waals surface area contributed by atoms with Gasteiger partial charge in [-0.2, -0.15) is 0 Å². The molecule has 14 heavy (non-hydrogen) atoms. The first-order valence-corrected chi connectivity index (χ1v) is 4.87. The number of hydrogen-bond acceptors (Lipinski definition) is 5. The summed E-state index contributed by atoms with van der Waals surface area (Å²) in [6, 6.07) is 0. The van der Waals surface area contributed by atoms with Crippen LogP contribution in [0.2, 0.25) is 0 Å². The van der Waals surface area contributed by atoms with Gasteiger partial charge in [0.05, 0.1) is 25.0 Å². The highest BCUT2D eigenvalue weighted by Crippen LogP contribution is 2.14. The van der Waals surface area contributed by atoms with Gasteiger partial charge in [0, 0.05) is 6.20 Å². The van der Waals surface area contributed by atoms with Gasteiger partial charge in [-0.05, 0) is 6.08 Å². The Hall–Kier alpha value is -1.20. The lowest BCUT2D eigenvalue weighted by Gasteiger charge is -1.90. The highest BCUT2D eigenvalue weighted by atomic mass is 32.1. The number of aromatic nitrogens is 1. The second kappa shape index (κ2) is 5.51. The molecule has 1 aromatic rings. The predicted molar refractivity (Wildman–Crippen MR) is 53.7 cm³/mol. The average Bonchev–Trinajstić information content (AvgIpc) is 2.65. The second-order valence-corrected chi connectivity index (χ2v) is 3.65. The first-order valence-electron chi connectivity index (χ1n) is 4.05. The summed E-state index contributed by atoms with van der Waals surface area (Å²) in [6.07, 6.45) is 5.28. The molecule has 1 N–H and O–H groups in total. The van der Waals surface area contributed by atoms with Crippen LogP contribution < -0.4 is 0 Å². The van der Waals surface area contributed by atoms with Gasteiger partial charge in [0.1, 0.15) is 5.01 Å². The molecular formula is C9H11NO3S. The van der Waals surface area contributed by atoms with Crippen molar-refractivity contribution in [3.63, 3.8) is 0 Å². The Kier molecular flexibility index (Phi) is 4.28. The summed E-state index contributed by atoms with van der Waals surface area (Å²) in [4.78, 5) is 15.6. The summed E-state index contributed by atoms with van der Waals surface area (Å²) in [7, 11) is 1.35. The Morgan fingerprint density at radius 1 is 1.79 bits per heavy atom. The Morgan fingerprint density at radius 2 is 2.57 bits per heavy atom. The number of carbonyl (C=O) groups is 1. The van der Waals surface area contributed by atoms with E-state index in [4.69, 9.17) is 5.11 Å². The SMILES string of the molecule is COC(=O)CC=Cc1ncc(CO)s1. The van der Waals surface area contributed by atoms with Crippen molar-refractivity contribution in [2.45, 2.75) is 13.0 Å². The molecule has 0 saturated carbocycles. The number of hydrogen-bond donors (Lipinski definition) is 1. The van der Waals surface area contributed by atoms with E-state index in [1.807, 2.05) is 0 Å². The van der Waals surface area contributed by atoms with Gasteiger partial charge in [0.2, 0.25) is 0 Å². The maximum absolute atomic E-state index is 10.7. The van der Waals surface area contributed by atoms with Crippen molar-refractivity contribution in [3.8, 4) is 0 Å². The molecule has 0 aliphatic carbocycles. The maximum Gasteiger partial charge on any atom is 0.309 e. The van der Waals surface area contributed by atoms with Crippen LogP contribution in [0, 0.1) is 0 Å². The molecule has 76 valence electrons. The molecule has 5 heteroatoms. The minimum Gasteiger partial charge on any atom is -0.469 e. The Labute approximate surface area is 85.9 Å².